The van der Waals surface area contributed by atoms with Gasteiger partial charge in [0.1, 0.15) is 5.82 Å². The van der Waals surface area contributed by atoms with Crippen molar-refractivity contribution in [2.75, 3.05) is 12.3 Å². The molecule has 1 aliphatic heterocycles. The molecule has 1 fully saturated rings. The van der Waals surface area contributed by atoms with Gasteiger partial charge in [-0.25, -0.2) is 4.39 Å². The Balaban J connectivity index is 2.17. The molecule has 1 aliphatic rings. The van der Waals surface area contributed by atoms with E-state index >= 15 is 0 Å². The lowest BCUT2D eigenvalue weighted by molar-refractivity contribution is -0.130. The highest BCUT2D eigenvalue weighted by molar-refractivity contribution is 5.79. The first-order valence-corrected chi connectivity index (χ1v) is 5.56. The Bertz CT molecular complexity index is 437. The van der Waals surface area contributed by atoms with Crippen molar-refractivity contribution in [1.29, 1.82) is 0 Å². The van der Waals surface area contributed by atoms with Crippen LogP contribution in [0, 0.1) is 5.82 Å². The number of nitrogens with two attached hydrogens (primary N) is 1. The van der Waals surface area contributed by atoms with E-state index in [4.69, 9.17) is 10.8 Å². The number of carbonyl (C=O) groups excluding carboxylic acids is 1. The number of nitrogens with zero attached hydrogens (tertiary/aromatic N) is 1. The third kappa shape index (κ3) is 2.39. The van der Waals surface area contributed by atoms with Crippen LogP contribution >= 0.6 is 0 Å². The first-order chi connectivity index (χ1) is 8.11. The zero-order chi connectivity index (χ0) is 12.4. The Morgan fingerprint density at radius 2 is 2.29 bits per heavy atom. The van der Waals surface area contributed by atoms with Crippen molar-refractivity contribution in [3.8, 4) is 0 Å². The van der Waals surface area contributed by atoms with E-state index in [1.165, 1.54) is 12.1 Å². The number of hydrogen-bond acceptors (Lipinski definition) is 3. The van der Waals surface area contributed by atoms with Gasteiger partial charge in [0.2, 0.25) is 5.91 Å². The van der Waals surface area contributed by atoms with Crippen LogP contribution in [0.15, 0.2) is 18.2 Å². The second kappa shape index (κ2) is 4.71. The topological polar surface area (TPSA) is 66.6 Å². The lowest BCUT2D eigenvalue weighted by Crippen LogP contribution is -2.34. The molecule has 1 amide bonds. The minimum Gasteiger partial charge on any atom is -0.398 e. The molecule has 2 rings (SSSR count). The predicted octanol–water partition coefficient (Wildman–Crippen LogP) is 0.891. The number of amides is 1. The molecule has 0 aliphatic carbocycles. The van der Waals surface area contributed by atoms with Crippen LogP contribution in [0.1, 0.15) is 18.4 Å². The number of carbonyl (C=O) groups is 1. The van der Waals surface area contributed by atoms with Gasteiger partial charge in [0.15, 0.2) is 0 Å². The molecule has 1 heterocycles. The highest BCUT2D eigenvalue weighted by Crippen LogP contribution is 2.23. The van der Waals surface area contributed by atoms with Gasteiger partial charge in [0.25, 0.3) is 0 Å². The van der Waals surface area contributed by atoms with Crippen molar-refractivity contribution in [2.24, 2.45) is 0 Å². The number of nitrogen functional groups attached to an aromatic ring is 1. The van der Waals surface area contributed by atoms with Crippen molar-refractivity contribution in [3.05, 3.63) is 29.6 Å². The molecule has 0 saturated carbocycles. The van der Waals surface area contributed by atoms with Gasteiger partial charge < -0.3 is 15.7 Å². The van der Waals surface area contributed by atoms with Crippen LogP contribution in [0.3, 0.4) is 0 Å². The van der Waals surface area contributed by atoms with E-state index in [0.29, 0.717) is 30.6 Å². The zero-order valence-electron chi connectivity index (χ0n) is 9.40. The van der Waals surface area contributed by atoms with Crippen molar-refractivity contribution in [1.82, 2.24) is 4.90 Å². The minimum atomic E-state index is -0.391. The SMILES string of the molecule is Nc1cc(F)ccc1CN1C(=O)CCC1CO. The lowest BCUT2D eigenvalue weighted by atomic mass is 10.1. The molecule has 0 bridgehead atoms. The fourth-order valence-electron chi connectivity index (χ4n) is 2.09. The normalized spacial score (nSPS) is 20.0. The molecule has 92 valence electrons. The standard InChI is InChI=1S/C12H15FN2O2/c13-9-2-1-8(11(14)5-9)6-15-10(7-16)3-4-12(15)17/h1-2,5,10,16H,3-4,6-7,14H2. The number of anilines is 1. The Labute approximate surface area is 98.8 Å². The molecule has 17 heavy (non-hydrogen) atoms. The monoisotopic (exact) mass is 238 g/mol. The molecule has 5 heteroatoms. The maximum Gasteiger partial charge on any atom is 0.223 e. The lowest BCUT2D eigenvalue weighted by Gasteiger charge is -2.23. The molecular weight excluding hydrogens is 223 g/mol. The zero-order valence-corrected chi connectivity index (χ0v) is 9.40. The predicted molar refractivity (Wildman–Crippen MR) is 61.5 cm³/mol. The number of aliphatic hydroxyl groups is 1. The molecule has 3 N–H and O–H groups in total. The summed E-state index contributed by atoms with van der Waals surface area (Å²) in [5, 5.41) is 9.16. The van der Waals surface area contributed by atoms with Gasteiger partial charge in [-0.15, -0.1) is 0 Å². The molecule has 1 aromatic carbocycles. The summed E-state index contributed by atoms with van der Waals surface area (Å²) in [5.74, 6) is -0.384. The van der Waals surface area contributed by atoms with Gasteiger partial charge in [-0.05, 0) is 24.1 Å². The molecule has 0 spiro atoms. The maximum absolute atomic E-state index is 12.9. The highest BCUT2D eigenvalue weighted by Gasteiger charge is 2.30. The van der Waals surface area contributed by atoms with Gasteiger partial charge in [0.05, 0.1) is 12.6 Å². The highest BCUT2D eigenvalue weighted by atomic mass is 19.1. The smallest absolute Gasteiger partial charge is 0.223 e. The number of aliphatic hydroxyl groups excluding tert-OH is 1. The number of likely N-dealkylation sites (tertiary alicyclic amines) is 1. The summed E-state index contributed by atoms with van der Waals surface area (Å²) >= 11 is 0. The minimum absolute atomic E-state index is 0.00720. The Hall–Kier alpha value is -1.62. The summed E-state index contributed by atoms with van der Waals surface area (Å²) in [6.45, 7) is 0.281. The number of hydrogen-bond donors (Lipinski definition) is 2. The van der Waals surface area contributed by atoms with Gasteiger partial charge in [-0.1, -0.05) is 6.07 Å². The fourth-order valence-corrected chi connectivity index (χ4v) is 2.09. The molecule has 1 unspecified atom stereocenters. The van der Waals surface area contributed by atoms with E-state index in [1.54, 1.807) is 11.0 Å². The largest absolute Gasteiger partial charge is 0.398 e. The van der Waals surface area contributed by atoms with E-state index in [-0.39, 0.29) is 18.6 Å². The summed E-state index contributed by atoms with van der Waals surface area (Å²) in [6.07, 6.45) is 1.11. The van der Waals surface area contributed by atoms with Gasteiger partial charge in [-0.2, -0.15) is 0 Å². The summed E-state index contributed by atoms with van der Waals surface area (Å²) in [4.78, 5) is 13.2. The first-order valence-electron chi connectivity index (χ1n) is 5.56. The first kappa shape index (κ1) is 11.9. The molecule has 0 radical (unpaired) electrons. The maximum atomic E-state index is 12.9. The summed E-state index contributed by atoms with van der Waals surface area (Å²) in [7, 11) is 0. The van der Waals surface area contributed by atoms with Crippen molar-refractivity contribution in [3.63, 3.8) is 0 Å². The van der Waals surface area contributed by atoms with Crippen molar-refractivity contribution < 1.29 is 14.3 Å². The van der Waals surface area contributed by atoms with Crippen LogP contribution < -0.4 is 5.73 Å². The molecule has 4 nitrogen and oxygen atoms in total. The van der Waals surface area contributed by atoms with Crippen LogP contribution in [0.25, 0.3) is 0 Å². The van der Waals surface area contributed by atoms with E-state index in [2.05, 4.69) is 0 Å². The average molecular weight is 238 g/mol. The molecular formula is C12H15FN2O2. The third-order valence-electron chi connectivity index (χ3n) is 3.11. The number of halogens is 1. The third-order valence-corrected chi connectivity index (χ3v) is 3.11. The van der Waals surface area contributed by atoms with E-state index in [0.717, 1.165) is 0 Å². The molecule has 1 atom stereocenters. The second-order valence-corrected chi connectivity index (χ2v) is 4.24. The van der Waals surface area contributed by atoms with E-state index in [9.17, 15) is 9.18 Å². The van der Waals surface area contributed by atoms with E-state index < -0.39 is 5.82 Å². The average Bonchev–Trinajstić information content (AvgIpc) is 2.64. The Morgan fingerprint density at radius 3 is 2.94 bits per heavy atom. The second-order valence-electron chi connectivity index (χ2n) is 4.24. The van der Waals surface area contributed by atoms with Crippen LogP contribution in [-0.2, 0) is 11.3 Å². The Kier molecular flexibility index (Phi) is 3.28. The van der Waals surface area contributed by atoms with Crippen molar-refractivity contribution >= 4 is 11.6 Å². The van der Waals surface area contributed by atoms with Gasteiger partial charge in [0, 0.05) is 18.7 Å². The number of rotatable bonds is 3. The van der Waals surface area contributed by atoms with Crippen LogP contribution in [0.5, 0.6) is 0 Å². The van der Waals surface area contributed by atoms with Crippen LogP contribution in [-0.4, -0.2) is 28.6 Å². The Morgan fingerprint density at radius 1 is 1.53 bits per heavy atom. The van der Waals surface area contributed by atoms with Gasteiger partial charge in [-0.3, -0.25) is 4.79 Å². The fraction of sp³-hybridized carbons (Fsp3) is 0.417. The van der Waals surface area contributed by atoms with Crippen molar-refractivity contribution in [2.45, 2.75) is 25.4 Å². The molecule has 0 aromatic heterocycles. The molecule has 1 aromatic rings. The summed E-state index contributed by atoms with van der Waals surface area (Å²) in [5.41, 5.74) is 6.73. The molecule has 1 saturated heterocycles. The quantitative estimate of drug-likeness (QED) is 0.768. The van der Waals surface area contributed by atoms with E-state index in [1.807, 2.05) is 0 Å². The van der Waals surface area contributed by atoms with Crippen LogP contribution in [0.2, 0.25) is 0 Å². The summed E-state index contributed by atoms with van der Waals surface area (Å²) in [6, 6.07) is 3.99. The summed E-state index contributed by atoms with van der Waals surface area (Å²) < 4.78 is 12.9. The number of benzene rings is 1. The van der Waals surface area contributed by atoms with Crippen LogP contribution in [0.4, 0.5) is 10.1 Å². The van der Waals surface area contributed by atoms with Gasteiger partial charge >= 0.3 is 0 Å².